The molecule has 1 aromatic rings. The van der Waals surface area contributed by atoms with Crippen LogP contribution in [-0.2, 0) is 16.6 Å². The lowest BCUT2D eigenvalue weighted by Crippen LogP contribution is -2.83. The van der Waals surface area contributed by atoms with Gasteiger partial charge in [0.2, 0.25) is 0 Å². The average molecular weight is 484 g/mol. The number of fused-ring (bicyclic) bond motifs is 2. The van der Waals surface area contributed by atoms with Gasteiger partial charge in [-0.25, -0.2) is 0 Å². The lowest BCUT2D eigenvalue weighted by Gasteiger charge is -2.75. The molecule has 5 aliphatic carbocycles. The molecule has 7 atom stereocenters. The molecular weight excluding hydrogens is 438 g/mol. The van der Waals surface area contributed by atoms with Crippen molar-refractivity contribution in [1.29, 1.82) is 0 Å². The second kappa shape index (κ2) is 6.76. The maximum Gasteiger partial charge on any atom is 0.165 e. The van der Waals surface area contributed by atoms with E-state index < -0.39 is 17.7 Å². The highest BCUT2D eigenvalue weighted by atomic mass is 16.6. The minimum atomic E-state index is -1.33. The molecule has 5 heteroatoms. The molecule has 1 saturated heterocycles. The predicted octanol–water partition coefficient (Wildman–Crippen LogP) is 4.80. The molecule has 1 unspecified atom stereocenters. The summed E-state index contributed by atoms with van der Waals surface area (Å²) in [5, 5.41) is 23.4. The van der Waals surface area contributed by atoms with Crippen LogP contribution in [0.3, 0.4) is 0 Å². The fourth-order valence-corrected chi connectivity index (χ4v) is 9.54. The molecule has 2 aliphatic heterocycles. The van der Waals surface area contributed by atoms with Crippen LogP contribution in [-0.4, -0.2) is 58.6 Å². The number of aromatic hydroxyl groups is 1. The number of nitrogens with zero attached hydrogens (tertiary/aromatic N) is 1. The maximum atomic E-state index is 12.4. The quantitative estimate of drug-likeness (QED) is 0.608. The Hall–Kier alpha value is -1.30. The normalized spacial score (nSPS) is 44.2. The van der Waals surface area contributed by atoms with E-state index in [4.69, 9.17) is 9.47 Å². The van der Waals surface area contributed by atoms with E-state index >= 15 is 0 Å². The van der Waals surface area contributed by atoms with Crippen LogP contribution < -0.4 is 4.74 Å². The van der Waals surface area contributed by atoms with Crippen molar-refractivity contribution in [2.45, 2.75) is 108 Å². The van der Waals surface area contributed by atoms with E-state index in [-0.39, 0.29) is 46.0 Å². The minimum absolute atomic E-state index is 0.0316. The first kappa shape index (κ1) is 20.7. The Morgan fingerprint density at radius 3 is 2.69 bits per heavy atom. The number of methoxy groups -OCH3 is 1. The smallest absolute Gasteiger partial charge is 0.165 e. The van der Waals surface area contributed by atoms with Gasteiger partial charge in [-0.3, -0.25) is 4.90 Å². The van der Waals surface area contributed by atoms with Gasteiger partial charge in [0.1, 0.15) is 11.7 Å². The first-order valence-corrected chi connectivity index (χ1v) is 13.9. The molecule has 4 bridgehead atoms. The number of benzene rings is 1. The number of hydrogen-bond donors (Lipinski definition) is 2. The van der Waals surface area contributed by atoms with Gasteiger partial charge < -0.3 is 19.7 Å². The molecule has 5 nitrogen and oxygen atoms in total. The Morgan fingerprint density at radius 2 is 2.00 bits per heavy atom. The van der Waals surface area contributed by atoms with Crippen LogP contribution in [0, 0.1) is 22.7 Å². The van der Waals surface area contributed by atoms with Crippen LogP contribution in [0.15, 0.2) is 12.1 Å². The van der Waals surface area contributed by atoms with Crippen molar-refractivity contribution in [1.82, 2.24) is 4.90 Å². The van der Waals surface area contributed by atoms with Gasteiger partial charge >= 0.3 is 0 Å². The number of phenols is 1. The van der Waals surface area contributed by atoms with Crippen molar-refractivity contribution in [2.75, 3.05) is 20.2 Å². The third kappa shape index (κ3) is 2.43. The molecule has 0 aromatic heterocycles. The van der Waals surface area contributed by atoms with Gasteiger partial charge in [0.25, 0.3) is 0 Å². The molecule has 35 heavy (non-hydrogen) atoms. The standard InChI is InChI=1S/C30H43NO4/c1-6-26(2,3)27(4,33)21-16-28-11-12-30(21,34-5)25-29(28)13-14-31(17-18-7-8-18)22(28)15-19-9-10-20(32)24(35-25)23(19)29/h9-10,18,21-22,25,32-33H,6-8,11-17H2,1-5H3/t21-,22-,25?,27+,28-,29+,30-/m1/s1/i17D2. The lowest BCUT2D eigenvalue weighted by molar-refractivity contribution is -0.313. The molecule has 7 aliphatic rings. The second-order valence-corrected chi connectivity index (χ2v) is 13.4. The molecule has 0 radical (unpaired) electrons. The van der Waals surface area contributed by atoms with Crippen LogP contribution >= 0.6 is 0 Å². The maximum absolute atomic E-state index is 12.4. The molecule has 4 saturated carbocycles. The summed E-state index contributed by atoms with van der Waals surface area (Å²) in [6.45, 7) is 7.80. The van der Waals surface area contributed by atoms with Crippen molar-refractivity contribution in [3.05, 3.63) is 23.3 Å². The Kier molecular flexibility index (Phi) is 4.00. The van der Waals surface area contributed by atoms with E-state index in [9.17, 15) is 13.0 Å². The summed E-state index contributed by atoms with van der Waals surface area (Å²) in [6, 6.07) is 3.84. The van der Waals surface area contributed by atoms with Gasteiger partial charge in [-0.1, -0.05) is 26.8 Å². The van der Waals surface area contributed by atoms with E-state index in [0.29, 0.717) is 12.3 Å². The largest absolute Gasteiger partial charge is 0.504 e. The lowest BCUT2D eigenvalue weighted by atomic mass is 9.33. The van der Waals surface area contributed by atoms with Crippen LogP contribution in [0.4, 0.5) is 0 Å². The van der Waals surface area contributed by atoms with E-state index in [0.717, 1.165) is 56.9 Å². The number of hydrogen-bond acceptors (Lipinski definition) is 5. The van der Waals surface area contributed by atoms with Crippen molar-refractivity contribution in [3.8, 4) is 11.5 Å². The number of rotatable bonds is 6. The summed E-state index contributed by atoms with van der Waals surface area (Å²) in [4.78, 5) is 2.22. The highest BCUT2D eigenvalue weighted by Crippen LogP contribution is 2.78. The van der Waals surface area contributed by atoms with Crippen LogP contribution in [0.1, 0.15) is 86.5 Å². The van der Waals surface area contributed by atoms with Crippen molar-refractivity contribution in [2.24, 2.45) is 22.7 Å². The van der Waals surface area contributed by atoms with Crippen molar-refractivity contribution < 1.29 is 22.4 Å². The summed E-state index contributed by atoms with van der Waals surface area (Å²) in [5.41, 5.74) is -0.264. The summed E-state index contributed by atoms with van der Waals surface area (Å²) < 4.78 is 31.9. The number of aliphatic hydroxyl groups is 1. The van der Waals surface area contributed by atoms with Gasteiger partial charge in [0, 0.05) is 44.7 Å². The molecule has 2 N–H and O–H groups in total. The van der Waals surface area contributed by atoms with E-state index in [1.807, 2.05) is 13.0 Å². The summed E-state index contributed by atoms with van der Waals surface area (Å²) in [7, 11) is 1.78. The van der Waals surface area contributed by atoms with Gasteiger partial charge in [0.15, 0.2) is 11.5 Å². The molecular formula is C30H43NO4. The monoisotopic (exact) mass is 483 g/mol. The third-order valence-electron chi connectivity index (χ3n) is 12.2. The number of piperidine rings is 1. The molecule has 2 spiro atoms. The predicted molar refractivity (Wildman–Crippen MR) is 135 cm³/mol. The van der Waals surface area contributed by atoms with E-state index in [2.05, 4.69) is 25.7 Å². The molecule has 192 valence electrons. The van der Waals surface area contributed by atoms with E-state index in [1.54, 1.807) is 13.2 Å². The number of ether oxygens (including phenoxy) is 2. The highest BCUT2D eigenvalue weighted by molar-refractivity contribution is 5.63. The minimum Gasteiger partial charge on any atom is -0.504 e. The topological polar surface area (TPSA) is 62.2 Å². The number of likely N-dealkylation sites (tertiary alicyclic amines) is 1. The molecule has 5 fully saturated rings. The average Bonchev–Trinajstić information content (AvgIpc) is 3.66. The second-order valence-electron chi connectivity index (χ2n) is 13.4. The Morgan fingerprint density at radius 1 is 1.23 bits per heavy atom. The van der Waals surface area contributed by atoms with Gasteiger partial charge in [0.05, 0.1) is 5.60 Å². The van der Waals surface area contributed by atoms with Crippen molar-refractivity contribution >= 4 is 0 Å². The first-order valence-electron chi connectivity index (χ1n) is 14.9. The Labute approximate surface area is 213 Å². The Balaban J connectivity index is 1.48. The molecule has 2 heterocycles. The zero-order chi connectivity index (χ0) is 26.4. The van der Waals surface area contributed by atoms with E-state index in [1.165, 1.54) is 5.56 Å². The zero-order valence-electron chi connectivity index (χ0n) is 24.0. The van der Waals surface area contributed by atoms with Gasteiger partial charge in [-0.05, 0) is 87.8 Å². The SMILES string of the molecule is [2H]C([2H])(C1CC1)N1CC[C@]23c4c5ccc(O)c4OC2[C@@]2(OC)CC[C@@]3(C[C@@H]2[C@](C)(O)C(C)(C)CC)[C@H]1C5. The summed E-state index contributed by atoms with van der Waals surface area (Å²) >= 11 is 0. The van der Waals surface area contributed by atoms with Crippen LogP contribution in [0.5, 0.6) is 11.5 Å². The molecule has 1 aromatic carbocycles. The molecule has 8 rings (SSSR count). The summed E-state index contributed by atoms with van der Waals surface area (Å²) in [6.07, 6.45) is 6.49. The Bertz CT molecular complexity index is 1160. The van der Waals surface area contributed by atoms with Crippen LogP contribution in [0.25, 0.3) is 0 Å². The fourth-order valence-electron chi connectivity index (χ4n) is 9.54. The van der Waals surface area contributed by atoms with Gasteiger partial charge in [-0.15, -0.1) is 0 Å². The fraction of sp³-hybridized carbons (Fsp3) is 0.800. The zero-order valence-corrected chi connectivity index (χ0v) is 22.0. The third-order valence-corrected chi connectivity index (χ3v) is 12.2. The molecule has 0 amide bonds. The summed E-state index contributed by atoms with van der Waals surface area (Å²) in [5.74, 6) is 0.740. The van der Waals surface area contributed by atoms with Gasteiger partial charge in [-0.2, -0.15) is 0 Å². The number of phenolic OH excluding ortho intramolecular Hbond substituents is 1. The van der Waals surface area contributed by atoms with Crippen molar-refractivity contribution in [3.63, 3.8) is 0 Å². The van der Waals surface area contributed by atoms with Crippen LogP contribution in [0.2, 0.25) is 0 Å². The first-order chi connectivity index (χ1) is 17.3. The highest BCUT2D eigenvalue weighted by Gasteiger charge is 2.82.